The summed E-state index contributed by atoms with van der Waals surface area (Å²) in [7, 11) is 0. The van der Waals surface area contributed by atoms with Gasteiger partial charge >= 0.3 is 0 Å². The molecule has 0 N–H and O–H groups in total. The Kier molecular flexibility index (Phi) is 2.99. The Labute approximate surface area is 108 Å². The number of hydrogen-bond acceptors (Lipinski definition) is 0. The molecule has 2 rings (SSSR count). The van der Waals surface area contributed by atoms with E-state index < -0.39 is 0 Å². The van der Waals surface area contributed by atoms with Gasteiger partial charge in [0, 0.05) is 21.1 Å². The maximum atomic E-state index is 3.35. The summed E-state index contributed by atoms with van der Waals surface area (Å²) in [6, 6.07) is 5.48. The maximum Gasteiger partial charge on any atom is 0 e. The third-order valence-corrected chi connectivity index (χ3v) is 4.34. The van der Waals surface area contributed by atoms with Gasteiger partial charge in [0.15, 0.2) is 0 Å². The van der Waals surface area contributed by atoms with Crippen LogP contribution in [0.3, 0.4) is 0 Å². The predicted octanol–water partition coefficient (Wildman–Crippen LogP) is 3.67. The van der Waals surface area contributed by atoms with Crippen molar-refractivity contribution in [3.8, 4) is 0 Å². The number of benzene rings is 1. The van der Waals surface area contributed by atoms with Crippen LogP contribution in [0.1, 0.15) is 49.9 Å². The minimum absolute atomic E-state index is 0. The Morgan fingerprint density at radius 2 is 1.40 bits per heavy atom. The number of rotatable bonds is 0. The van der Waals surface area contributed by atoms with E-state index in [9.17, 15) is 0 Å². The number of hydrogen-bond donors (Lipinski definition) is 0. The normalized spacial score (nSPS) is 19.9. The molecule has 0 saturated carbocycles. The van der Waals surface area contributed by atoms with Gasteiger partial charge in [0.1, 0.15) is 0 Å². The minimum Gasteiger partial charge on any atom is -0.180 e. The van der Waals surface area contributed by atoms with Gasteiger partial charge in [-0.15, -0.1) is 11.1 Å². The van der Waals surface area contributed by atoms with E-state index in [1.807, 2.05) is 0 Å². The molecule has 0 fully saturated rings. The van der Waals surface area contributed by atoms with Gasteiger partial charge in [0.25, 0.3) is 0 Å². The van der Waals surface area contributed by atoms with Crippen LogP contribution in [0.25, 0.3) is 0 Å². The second-order valence-corrected chi connectivity index (χ2v) is 5.60. The molecule has 1 aliphatic carbocycles. The molecule has 0 amide bonds. The quantitative estimate of drug-likeness (QED) is 0.611. The molecule has 0 aromatic heterocycles. The summed E-state index contributed by atoms with van der Waals surface area (Å²) in [5, 5.41) is 0. The van der Waals surface area contributed by atoms with E-state index in [1.54, 1.807) is 5.56 Å². The first-order valence-corrected chi connectivity index (χ1v) is 5.33. The molecule has 0 bridgehead atoms. The molecule has 0 spiro atoms. The van der Waals surface area contributed by atoms with E-state index in [0.717, 1.165) is 0 Å². The van der Waals surface area contributed by atoms with Crippen molar-refractivity contribution < 1.29 is 21.1 Å². The van der Waals surface area contributed by atoms with Crippen LogP contribution in [-0.2, 0) is 31.9 Å². The van der Waals surface area contributed by atoms with E-state index in [-0.39, 0.29) is 21.1 Å². The average molecular weight is 371 g/mol. The third-order valence-electron chi connectivity index (χ3n) is 4.34. The van der Waals surface area contributed by atoms with Gasteiger partial charge in [-0.25, -0.2) is 0 Å². The summed E-state index contributed by atoms with van der Waals surface area (Å²) < 4.78 is 0. The van der Waals surface area contributed by atoms with Crippen LogP contribution in [0.2, 0.25) is 0 Å². The van der Waals surface area contributed by atoms with Crippen molar-refractivity contribution in [3.05, 3.63) is 34.4 Å². The zero-order chi connectivity index (χ0) is 10.7. The molecule has 0 nitrogen and oxygen atoms in total. The van der Waals surface area contributed by atoms with Gasteiger partial charge in [0.2, 0.25) is 0 Å². The summed E-state index contributed by atoms with van der Waals surface area (Å²) in [6.45, 7) is 13.8. The summed E-state index contributed by atoms with van der Waals surface area (Å²) >= 11 is 0. The van der Waals surface area contributed by atoms with Crippen molar-refractivity contribution >= 4 is 0 Å². The first-order valence-electron chi connectivity index (χ1n) is 5.33. The molecule has 15 heavy (non-hydrogen) atoms. The molecule has 82 valence electrons. The van der Waals surface area contributed by atoms with Crippen LogP contribution >= 0.6 is 0 Å². The standard InChI is InChI=1S/C14H19.W/c1-9-7-8-10(2)12-11(9)13(3,4)14(12,5)6;/h7H,1-6H3;/q-1;. The Balaban J connectivity index is 0.00000112. The van der Waals surface area contributed by atoms with E-state index in [1.165, 1.54) is 16.7 Å². The Hall–Kier alpha value is -0.0917. The van der Waals surface area contributed by atoms with Gasteiger partial charge in [-0.1, -0.05) is 41.5 Å². The van der Waals surface area contributed by atoms with E-state index in [0.29, 0.717) is 10.8 Å². The zero-order valence-electron chi connectivity index (χ0n) is 10.5. The van der Waals surface area contributed by atoms with Crippen LogP contribution in [0, 0.1) is 19.9 Å². The SMILES string of the molecule is Cc1[c-]cc(C)c2c1C(C)(C)C2(C)C.[W]. The second-order valence-electron chi connectivity index (χ2n) is 5.60. The van der Waals surface area contributed by atoms with E-state index >= 15 is 0 Å². The molecule has 0 atom stereocenters. The number of fused-ring (bicyclic) bond motifs is 1. The Bertz CT molecular complexity index is 361. The molecule has 0 unspecified atom stereocenters. The Morgan fingerprint density at radius 3 is 1.87 bits per heavy atom. The van der Waals surface area contributed by atoms with Gasteiger partial charge in [0.05, 0.1) is 0 Å². The summed E-state index contributed by atoms with van der Waals surface area (Å²) in [6.07, 6.45) is 0. The summed E-state index contributed by atoms with van der Waals surface area (Å²) in [5.41, 5.74) is 6.42. The van der Waals surface area contributed by atoms with E-state index in [2.05, 4.69) is 53.7 Å². The molecule has 1 aromatic carbocycles. The van der Waals surface area contributed by atoms with Crippen molar-refractivity contribution in [2.24, 2.45) is 0 Å². The minimum atomic E-state index is 0. The van der Waals surface area contributed by atoms with Crippen LogP contribution in [0.4, 0.5) is 0 Å². The zero-order valence-corrected chi connectivity index (χ0v) is 13.4. The van der Waals surface area contributed by atoms with E-state index in [4.69, 9.17) is 0 Å². The van der Waals surface area contributed by atoms with Gasteiger partial charge in [-0.3, -0.25) is 0 Å². The van der Waals surface area contributed by atoms with Crippen LogP contribution < -0.4 is 0 Å². The van der Waals surface area contributed by atoms with Crippen molar-refractivity contribution in [3.63, 3.8) is 0 Å². The molecule has 0 heterocycles. The van der Waals surface area contributed by atoms with Gasteiger partial charge in [-0.2, -0.15) is 23.3 Å². The second kappa shape index (κ2) is 3.45. The fraction of sp³-hybridized carbons (Fsp3) is 0.571. The predicted molar refractivity (Wildman–Crippen MR) is 60.8 cm³/mol. The Morgan fingerprint density at radius 1 is 0.933 bits per heavy atom. The van der Waals surface area contributed by atoms with Crippen molar-refractivity contribution in [1.82, 2.24) is 0 Å². The van der Waals surface area contributed by atoms with Crippen molar-refractivity contribution in [1.29, 1.82) is 0 Å². The van der Waals surface area contributed by atoms with Gasteiger partial charge < -0.3 is 0 Å². The first kappa shape index (κ1) is 13.0. The first-order chi connectivity index (χ1) is 6.30. The van der Waals surface area contributed by atoms with Gasteiger partial charge in [-0.05, 0) is 10.8 Å². The number of aryl methyl sites for hydroxylation is 2. The summed E-state index contributed by atoms with van der Waals surface area (Å²) in [4.78, 5) is 0. The fourth-order valence-corrected chi connectivity index (χ4v) is 2.89. The largest absolute Gasteiger partial charge is 0.180 e. The van der Waals surface area contributed by atoms with Crippen LogP contribution in [0.15, 0.2) is 6.07 Å². The molecule has 0 radical (unpaired) electrons. The molecule has 0 saturated heterocycles. The monoisotopic (exact) mass is 371 g/mol. The molecule has 1 heteroatoms. The third kappa shape index (κ3) is 1.37. The maximum absolute atomic E-state index is 3.35. The molecule has 0 aliphatic heterocycles. The molecular formula is C14H19W-. The smallest absolute Gasteiger partial charge is 0 e. The topological polar surface area (TPSA) is 0 Å². The average Bonchev–Trinajstić information content (AvgIpc) is 2.07. The molecular weight excluding hydrogens is 352 g/mol. The van der Waals surface area contributed by atoms with Crippen LogP contribution in [-0.4, -0.2) is 0 Å². The molecule has 1 aliphatic rings. The summed E-state index contributed by atoms with van der Waals surface area (Å²) in [5.74, 6) is 0. The molecule has 1 aromatic rings. The fourth-order valence-electron chi connectivity index (χ4n) is 2.89. The van der Waals surface area contributed by atoms with Crippen molar-refractivity contribution in [2.75, 3.05) is 0 Å². The van der Waals surface area contributed by atoms with Crippen molar-refractivity contribution in [2.45, 2.75) is 52.4 Å². The van der Waals surface area contributed by atoms with Crippen LogP contribution in [0.5, 0.6) is 0 Å².